The quantitative estimate of drug-likeness (QED) is 0.117. The van der Waals surface area contributed by atoms with Crippen LogP contribution in [-0.4, -0.2) is 19.4 Å². The van der Waals surface area contributed by atoms with E-state index in [-0.39, 0.29) is 0 Å². The third-order valence-electron chi connectivity index (χ3n) is 5.02. The summed E-state index contributed by atoms with van der Waals surface area (Å²) in [6, 6.07) is 0. The summed E-state index contributed by atoms with van der Waals surface area (Å²) < 4.78 is 10.2. The molecule has 0 aliphatic carbocycles. The van der Waals surface area contributed by atoms with Crippen LogP contribution in [0.25, 0.3) is 0 Å². The maximum atomic E-state index is 11.4. The molecule has 0 N–H and O–H groups in total. The smallest absolute Gasteiger partial charge is 0.434 e. The van der Waals surface area contributed by atoms with Crippen molar-refractivity contribution in [1.82, 2.24) is 0 Å². The maximum Gasteiger partial charge on any atom is 0.508 e. The Balaban J connectivity index is 3.19. The lowest BCUT2D eigenvalue weighted by atomic mass is 10.1. The number of hydrogen-bond donors (Lipinski definition) is 0. The van der Waals surface area contributed by atoms with Crippen LogP contribution in [0.5, 0.6) is 0 Å². The van der Waals surface area contributed by atoms with Crippen LogP contribution in [0.3, 0.4) is 0 Å². The minimum absolute atomic E-state index is 0.477. The van der Waals surface area contributed by atoms with E-state index in [2.05, 4.69) is 32.9 Å². The molecule has 0 fully saturated rings. The van der Waals surface area contributed by atoms with Gasteiger partial charge >= 0.3 is 6.16 Å². The Kier molecular flexibility index (Phi) is 21.5. The molecule has 0 aliphatic rings. The van der Waals surface area contributed by atoms with Crippen molar-refractivity contribution in [2.45, 2.75) is 124 Å². The molecule has 0 aromatic carbocycles. The van der Waals surface area contributed by atoms with E-state index in [4.69, 9.17) is 9.47 Å². The van der Waals surface area contributed by atoms with Gasteiger partial charge in [0.1, 0.15) is 0 Å². The van der Waals surface area contributed by atoms with Crippen molar-refractivity contribution in [3.05, 3.63) is 12.2 Å². The Morgan fingerprint density at radius 1 is 0.679 bits per heavy atom. The van der Waals surface area contributed by atoms with E-state index < -0.39 is 6.16 Å². The fraction of sp³-hybridized carbons (Fsp3) is 0.880. The van der Waals surface area contributed by atoms with E-state index in [9.17, 15) is 4.79 Å². The highest BCUT2D eigenvalue weighted by atomic mass is 16.7. The number of allylic oxidation sites excluding steroid dienone is 2. The van der Waals surface area contributed by atoms with Crippen molar-refractivity contribution < 1.29 is 14.3 Å². The summed E-state index contributed by atoms with van der Waals surface area (Å²) >= 11 is 0. The highest BCUT2D eigenvalue weighted by Crippen LogP contribution is 2.10. The summed E-state index contributed by atoms with van der Waals surface area (Å²) in [5.41, 5.74) is 0. The van der Waals surface area contributed by atoms with Crippen molar-refractivity contribution in [3.63, 3.8) is 0 Å². The Morgan fingerprint density at radius 2 is 1.14 bits per heavy atom. The average molecular weight is 397 g/mol. The molecule has 0 radical (unpaired) electrons. The van der Waals surface area contributed by atoms with Crippen molar-refractivity contribution in [3.8, 4) is 0 Å². The molecule has 0 rings (SSSR count). The molecule has 0 aromatic rings. The monoisotopic (exact) mass is 396 g/mol. The minimum Gasteiger partial charge on any atom is -0.434 e. The molecule has 0 aromatic heterocycles. The second-order valence-electron chi connectivity index (χ2n) is 8.42. The van der Waals surface area contributed by atoms with Crippen molar-refractivity contribution in [1.29, 1.82) is 0 Å². The van der Waals surface area contributed by atoms with Gasteiger partial charge in [0.05, 0.1) is 13.2 Å². The van der Waals surface area contributed by atoms with Gasteiger partial charge in [-0.3, -0.25) is 0 Å². The number of unbranched alkanes of at least 4 members (excludes halogenated alkanes) is 12. The normalized spacial score (nSPS) is 11.4. The molecule has 28 heavy (non-hydrogen) atoms. The molecule has 0 saturated carbocycles. The zero-order valence-electron chi connectivity index (χ0n) is 19.2. The maximum absolute atomic E-state index is 11.4. The third-order valence-corrected chi connectivity index (χ3v) is 5.02. The summed E-state index contributed by atoms with van der Waals surface area (Å²) in [5.74, 6) is 0.653. The Bertz CT molecular complexity index is 350. The first-order chi connectivity index (χ1) is 13.7. The molecule has 3 heteroatoms. The average Bonchev–Trinajstić information content (AvgIpc) is 2.67. The van der Waals surface area contributed by atoms with E-state index in [0.29, 0.717) is 19.1 Å². The fourth-order valence-electron chi connectivity index (χ4n) is 3.19. The summed E-state index contributed by atoms with van der Waals surface area (Å²) in [4.78, 5) is 11.4. The van der Waals surface area contributed by atoms with Crippen LogP contribution in [0.2, 0.25) is 0 Å². The molecule has 166 valence electrons. The SMILES string of the molecule is CCCCCCCCC=CCCCCCCCCOC(=O)OCCCC(C)C. The van der Waals surface area contributed by atoms with Gasteiger partial charge in [0.2, 0.25) is 0 Å². The first kappa shape index (κ1) is 27.0. The van der Waals surface area contributed by atoms with E-state index in [1.165, 1.54) is 77.0 Å². The highest BCUT2D eigenvalue weighted by molar-refractivity contribution is 5.59. The third kappa shape index (κ3) is 23.0. The minimum atomic E-state index is -0.503. The molecule has 0 heterocycles. The number of hydrogen-bond acceptors (Lipinski definition) is 3. The van der Waals surface area contributed by atoms with Gasteiger partial charge in [-0.15, -0.1) is 0 Å². The predicted octanol–water partition coefficient (Wildman–Crippen LogP) is 8.61. The van der Waals surface area contributed by atoms with Gasteiger partial charge in [0.25, 0.3) is 0 Å². The van der Waals surface area contributed by atoms with Crippen LogP contribution in [0.1, 0.15) is 124 Å². The molecule has 0 spiro atoms. The van der Waals surface area contributed by atoms with E-state index >= 15 is 0 Å². The lowest BCUT2D eigenvalue weighted by Crippen LogP contribution is -2.09. The molecule has 0 atom stereocenters. The van der Waals surface area contributed by atoms with Gasteiger partial charge in [0.15, 0.2) is 0 Å². The van der Waals surface area contributed by atoms with E-state index in [1.54, 1.807) is 0 Å². The van der Waals surface area contributed by atoms with E-state index in [1.807, 2.05) is 0 Å². The Hall–Kier alpha value is -0.990. The molecule has 0 unspecified atom stereocenters. The molecular weight excluding hydrogens is 348 g/mol. The van der Waals surface area contributed by atoms with Crippen LogP contribution < -0.4 is 0 Å². The lowest BCUT2D eigenvalue weighted by Gasteiger charge is -2.07. The molecular formula is C25H48O3. The van der Waals surface area contributed by atoms with Gasteiger partial charge in [-0.2, -0.15) is 0 Å². The summed E-state index contributed by atoms with van der Waals surface area (Å²) in [6.45, 7) is 7.58. The fourth-order valence-corrected chi connectivity index (χ4v) is 3.19. The highest BCUT2D eigenvalue weighted by Gasteiger charge is 2.03. The van der Waals surface area contributed by atoms with Crippen LogP contribution in [0.4, 0.5) is 4.79 Å². The lowest BCUT2D eigenvalue weighted by molar-refractivity contribution is 0.0524. The zero-order chi connectivity index (χ0) is 20.7. The van der Waals surface area contributed by atoms with Gasteiger partial charge in [-0.1, -0.05) is 90.7 Å². The second-order valence-corrected chi connectivity index (χ2v) is 8.42. The Morgan fingerprint density at radius 3 is 1.68 bits per heavy atom. The molecule has 0 saturated heterocycles. The van der Waals surface area contributed by atoms with Crippen LogP contribution in [0, 0.1) is 5.92 Å². The largest absolute Gasteiger partial charge is 0.508 e. The standard InChI is InChI=1S/C25H48O3/c1-4-5-6-7-8-9-10-11-12-13-14-15-16-17-18-19-22-27-25(26)28-23-20-21-24(2)3/h11-12,24H,4-10,13-23H2,1-3H3. The van der Waals surface area contributed by atoms with Gasteiger partial charge in [-0.05, 0) is 50.9 Å². The number of ether oxygens (including phenoxy) is 2. The van der Waals surface area contributed by atoms with Gasteiger partial charge in [-0.25, -0.2) is 4.79 Å². The zero-order valence-corrected chi connectivity index (χ0v) is 19.2. The van der Waals surface area contributed by atoms with Crippen molar-refractivity contribution >= 4 is 6.16 Å². The molecule has 3 nitrogen and oxygen atoms in total. The topological polar surface area (TPSA) is 35.5 Å². The van der Waals surface area contributed by atoms with Gasteiger partial charge < -0.3 is 9.47 Å². The Labute approximate surface area is 175 Å². The van der Waals surface area contributed by atoms with Crippen LogP contribution >= 0.6 is 0 Å². The summed E-state index contributed by atoms with van der Waals surface area (Å²) in [7, 11) is 0. The first-order valence-corrected chi connectivity index (χ1v) is 12.1. The molecule has 0 amide bonds. The summed E-state index contributed by atoms with van der Waals surface area (Å²) in [5, 5.41) is 0. The van der Waals surface area contributed by atoms with Crippen molar-refractivity contribution in [2.75, 3.05) is 13.2 Å². The van der Waals surface area contributed by atoms with Crippen LogP contribution in [0.15, 0.2) is 12.2 Å². The number of carbonyl (C=O) groups is 1. The van der Waals surface area contributed by atoms with E-state index in [0.717, 1.165) is 25.7 Å². The molecule has 0 aliphatic heterocycles. The number of carbonyl (C=O) groups excluding carboxylic acids is 1. The van der Waals surface area contributed by atoms with Gasteiger partial charge in [0, 0.05) is 0 Å². The number of rotatable bonds is 20. The second kappa shape index (κ2) is 22.3. The van der Waals surface area contributed by atoms with Crippen LogP contribution in [-0.2, 0) is 9.47 Å². The predicted molar refractivity (Wildman–Crippen MR) is 121 cm³/mol. The van der Waals surface area contributed by atoms with Crippen molar-refractivity contribution in [2.24, 2.45) is 5.92 Å². The summed E-state index contributed by atoms with van der Waals surface area (Å²) in [6.07, 6.45) is 24.2. The first-order valence-electron chi connectivity index (χ1n) is 12.1. The molecule has 0 bridgehead atoms.